The summed E-state index contributed by atoms with van der Waals surface area (Å²) in [6.07, 6.45) is 4.42. The van der Waals surface area contributed by atoms with E-state index in [1.165, 1.54) is 0 Å². The Labute approximate surface area is 131 Å². The Morgan fingerprint density at radius 1 is 1.19 bits per heavy atom. The second kappa shape index (κ2) is 4.95. The van der Waals surface area contributed by atoms with Crippen LogP contribution in [0.4, 0.5) is 0 Å². The Kier molecular flexibility index (Phi) is 3.36. The lowest BCUT2D eigenvalue weighted by molar-refractivity contribution is -0.127. The van der Waals surface area contributed by atoms with Crippen LogP contribution in [0.15, 0.2) is 34.4 Å². The first-order valence-corrected chi connectivity index (χ1v) is 7.70. The highest BCUT2D eigenvalue weighted by atomic mass is 79.9. The van der Waals surface area contributed by atoms with Gasteiger partial charge in [0.2, 0.25) is 0 Å². The van der Waals surface area contributed by atoms with Gasteiger partial charge in [0.1, 0.15) is 0 Å². The standard InChI is InChI=1S/C17H16BrNO2/c1-17(2)7-15(20)13(16(21)8-17)5-10-9-19-14-4-3-11(18)6-12(10)14/h3-6,9,19H,7-8H2,1-2H3. The molecule has 2 aromatic rings. The first kappa shape index (κ1) is 14.3. The smallest absolute Gasteiger partial charge is 0.167 e. The van der Waals surface area contributed by atoms with Crippen LogP contribution >= 0.6 is 15.9 Å². The average Bonchev–Trinajstić information content (AvgIpc) is 2.75. The number of aromatic amines is 1. The first-order valence-electron chi connectivity index (χ1n) is 6.90. The molecule has 3 rings (SSSR count). The van der Waals surface area contributed by atoms with Gasteiger partial charge in [0.15, 0.2) is 11.6 Å². The van der Waals surface area contributed by atoms with Crippen LogP contribution in [0, 0.1) is 5.41 Å². The van der Waals surface area contributed by atoms with Crippen molar-refractivity contribution in [3.8, 4) is 0 Å². The Morgan fingerprint density at radius 2 is 1.86 bits per heavy atom. The van der Waals surface area contributed by atoms with Crippen LogP contribution in [0.25, 0.3) is 17.0 Å². The van der Waals surface area contributed by atoms with Crippen LogP contribution < -0.4 is 0 Å². The number of allylic oxidation sites excluding steroid dienone is 1. The zero-order valence-electron chi connectivity index (χ0n) is 12.0. The minimum atomic E-state index is -0.227. The number of fused-ring (bicyclic) bond motifs is 1. The predicted molar refractivity (Wildman–Crippen MR) is 87.0 cm³/mol. The first-order chi connectivity index (χ1) is 9.85. The largest absolute Gasteiger partial charge is 0.361 e. The maximum absolute atomic E-state index is 12.2. The van der Waals surface area contributed by atoms with E-state index in [2.05, 4.69) is 20.9 Å². The predicted octanol–water partition coefficient (Wildman–Crippen LogP) is 4.27. The molecule has 0 bridgehead atoms. The second-order valence-electron chi connectivity index (χ2n) is 6.36. The minimum Gasteiger partial charge on any atom is -0.361 e. The van der Waals surface area contributed by atoms with E-state index in [-0.39, 0.29) is 17.0 Å². The molecule has 1 N–H and O–H groups in total. The quantitative estimate of drug-likeness (QED) is 0.619. The third kappa shape index (κ3) is 2.72. The van der Waals surface area contributed by atoms with Crippen molar-refractivity contribution in [3.63, 3.8) is 0 Å². The number of H-pyrrole nitrogens is 1. The van der Waals surface area contributed by atoms with Crippen molar-refractivity contribution in [2.24, 2.45) is 5.41 Å². The number of carbonyl (C=O) groups excluding carboxylic acids is 2. The highest BCUT2D eigenvalue weighted by Crippen LogP contribution is 2.35. The van der Waals surface area contributed by atoms with Crippen molar-refractivity contribution in [2.75, 3.05) is 0 Å². The Bertz CT molecular complexity index is 761. The number of benzene rings is 1. The fraction of sp³-hybridized carbons (Fsp3) is 0.294. The van der Waals surface area contributed by atoms with E-state index < -0.39 is 0 Å². The topological polar surface area (TPSA) is 49.9 Å². The molecule has 21 heavy (non-hydrogen) atoms. The molecule has 4 heteroatoms. The monoisotopic (exact) mass is 345 g/mol. The van der Waals surface area contributed by atoms with Gasteiger partial charge in [-0.05, 0) is 29.7 Å². The molecule has 1 heterocycles. The molecule has 1 aromatic carbocycles. The van der Waals surface area contributed by atoms with E-state index >= 15 is 0 Å². The zero-order chi connectivity index (χ0) is 15.2. The number of Topliss-reactive ketones (excluding diaryl/α,β-unsaturated/α-hetero) is 2. The van der Waals surface area contributed by atoms with E-state index in [0.717, 1.165) is 20.9 Å². The molecule has 3 nitrogen and oxygen atoms in total. The summed E-state index contributed by atoms with van der Waals surface area (Å²) in [4.78, 5) is 27.6. The average molecular weight is 346 g/mol. The lowest BCUT2D eigenvalue weighted by atomic mass is 9.74. The maximum atomic E-state index is 12.2. The van der Waals surface area contributed by atoms with Gasteiger partial charge >= 0.3 is 0 Å². The van der Waals surface area contributed by atoms with E-state index in [0.29, 0.717) is 18.4 Å². The SMILES string of the molecule is CC1(C)CC(=O)C(=Cc2c[nH]c3ccc(Br)cc23)C(=O)C1. The van der Waals surface area contributed by atoms with Crippen molar-refractivity contribution in [1.82, 2.24) is 4.98 Å². The zero-order valence-corrected chi connectivity index (χ0v) is 13.6. The molecule has 1 aliphatic carbocycles. The lowest BCUT2D eigenvalue weighted by Gasteiger charge is -2.28. The van der Waals surface area contributed by atoms with E-state index in [4.69, 9.17) is 0 Å². The summed E-state index contributed by atoms with van der Waals surface area (Å²) in [5.41, 5.74) is 1.97. The van der Waals surface area contributed by atoms with Crippen molar-refractivity contribution in [2.45, 2.75) is 26.7 Å². The molecule has 0 radical (unpaired) electrons. The molecule has 0 spiro atoms. The number of aromatic nitrogens is 1. The van der Waals surface area contributed by atoms with Crippen LogP contribution in [-0.4, -0.2) is 16.6 Å². The van der Waals surface area contributed by atoms with Gasteiger partial charge in [0.05, 0.1) is 5.57 Å². The van der Waals surface area contributed by atoms with Gasteiger partial charge in [-0.3, -0.25) is 9.59 Å². The number of halogens is 1. The van der Waals surface area contributed by atoms with Gasteiger partial charge in [-0.15, -0.1) is 0 Å². The van der Waals surface area contributed by atoms with Crippen LogP contribution in [0.3, 0.4) is 0 Å². The number of nitrogens with one attached hydrogen (secondary N) is 1. The van der Waals surface area contributed by atoms with Gasteiger partial charge in [-0.1, -0.05) is 29.8 Å². The Balaban J connectivity index is 2.06. The van der Waals surface area contributed by atoms with Crippen molar-refractivity contribution < 1.29 is 9.59 Å². The molecule has 108 valence electrons. The summed E-state index contributed by atoms with van der Waals surface area (Å²) in [5, 5.41) is 1.00. The number of hydrogen-bond donors (Lipinski definition) is 1. The Hall–Kier alpha value is -1.68. The highest BCUT2D eigenvalue weighted by Gasteiger charge is 2.35. The number of carbonyl (C=O) groups is 2. The second-order valence-corrected chi connectivity index (χ2v) is 7.27. The molecule has 1 aliphatic rings. The van der Waals surface area contributed by atoms with Crippen molar-refractivity contribution in [3.05, 3.63) is 40.0 Å². The highest BCUT2D eigenvalue weighted by molar-refractivity contribution is 9.10. The third-order valence-corrected chi connectivity index (χ3v) is 4.35. The number of rotatable bonds is 1. The number of ketones is 2. The van der Waals surface area contributed by atoms with Gasteiger partial charge in [0.25, 0.3) is 0 Å². The normalized spacial score (nSPS) is 18.3. The molecular formula is C17H16BrNO2. The summed E-state index contributed by atoms with van der Waals surface area (Å²) >= 11 is 3.45. The summed E-state index contributed by atoms with van der Waals surface area (Å²) < 4.78 is 0.969. The van der Waals surface area contributed by atoms with Crippen LogP contribution in [0.1, 0.15) is 32.3 Å². The molecule has 0 atom stereocenters. The number of hydrogen-bond acceptors (Lipinski definition) is 2. The van der Waals surface area contributed by atoms with Gasteiger partial charge in [-0.25, -0.2) is 0 Å². The molecule has 0 saturated heterocycles. The Morgan fingerprint density at radius 3 is 2.52 bits per heavy atom. The molecule has 1 aromatic heterocycles. The molecule has 1 fully saturated rings. The van der Waals surface area contributed by atoms with Gasteiger partial charge in [-0.2, -0.15) is 0 Å². The molecule has 0 amide bonds. The lowest BCUT2D eigenvalue weighted by Crippen LogP contribution is -2.31. The summed E-state index contributed by atoms with van der Waals surface area (Å²) in [6.45, 7) is 3.92. The third-order valence-electron chi connectivity index (χ3n) is 3.85. The summed E-state index contributed by atoms with van der Waals surface area (Å²) in [5.74, 6) is -0.110. The molecule has 0 aliphatic heterocycles. The molecule has 0 unspecified atom stereocenters. The minimum absolute atomic E-state index is 0.0550. The molecular weight excluding hydrogens is 330 g/mol. The maximum Gasteiger partial charge on any atom is 0.167 e. The fourth-order valence-electron chi connectivity index (χ4n) is 2.83. The van der Waals surface area contributed by atoms with E-state index in [1.54, 1.807) is 6.08 Å². The van der Waals surface area contributed by atoms with Gasteiger partial charge < -0.3 is 4.98 Å². The van der Waals surface area contributed by atoms with Crippen LogP contribution in [0.5, 0.6) is 0 Å². The summed E-state index contributed by atoms with van der Waals surface area (Å²) in [7, 11) is 0. The summed E-state index contributed by atoms with van der Waals surface area (Å²) in [6, 6.07) is 5.91. The van der Waals surface area contributed by atoms with Crippen molar-refractivity contribution in [1.29, 1.82) is 0 Å². The van der Waals surface area contributed by atoms with Crippen LogP contribution in [-0.2, 0) is 9.59 Å². The molecule has 1 saturated carbocycles. The van der Waals surface area contributed by atoms with Gasteiger partial charge in [0, 0.05) is 40.0 Å². The van der Waals surface area contributed by atoms with E-state index in [1.807, 2.05) is 38.2 Å². The fourth-order valence-corrected chi connectivity index (χ4v) is 3.19. The van der Waals surface area contributed by atoms with Crippen molar-refractivity contribution >= 4 is 44.5 Å². The van der Waals surface area contributed by atoms with Crippen LogP contribution in [0.2, 0.25) is 0 Å². The van der Waals surface area contributed by atoms with E-state index in [9.17, 15) is 9.59 Å².